The van der Waals surface area contributed by atoms with Crippen LogP contribution in [0.3, 0.4) is 0 Å². The molecule has 0 bridgehead atoms. The SMILES string of the molecule is Cc1cc(=O)c(O)c(CN2CC(C)OC(C)C2)n1CC(C)C. The molecule has 0 radical (unpaired) electrons. The summed E-state index contributed by atoms with van der Waals surface area (Å²) in [5, 5.41) is 10.3. The summed E-state index contributed by atoms with van der Waals surface area (Å²) in [6, 6.07) is 1.52. The Morgan fingerprint density at radius 3 is 2.45 bits per heavy atom. The molecule has 5 nitrogen and oxygen atoms in total. The van der Waals surface area contributed by atoms with Gasteiger partial charge in [-0.25, -0.2) is 0 Å². The number of aromatic nitrogens is 1. The molecule has 1 aliphatic rings. The van der Waals surface area contributed by atoms with Crippen molar-refractivity contribution in [3.05, 3.63) is 27.7 Å². The molecule has 0 aromatic carbocycles. The van der Waals surface area contributed by atoms with Crippen LogP contribution in [-0.2, 0) is 17.8 Å². The number of ether oxygens (including phenoxy) is 1. The van der Waals surface area contributed by atoms with E-state index in [2.05, 4.69) is 37.2 Å². The molecule has 1 aromatic rings. The van der Waals surface area contributed by atoms with E-state index in [1.54, 1.807) is 0 Å². The minimum atomic E-state index is -0.290. The van der Waals surface area contributed by atoms with Crippen molar-refractivity contribution in [2.24, 2.45) is 5.92 Å². The highest BCUT2D eigenvalue weighted by atomic mass is 16.5. The van der Waals surface area contributed by atoms with Gasteiger partial charge in [0.25, 0.3) is 0 Å². The Hall–Kier alpha value is -1.33. The van der Waals surface area contributed by atoms with Crippen molar-refractivity contribution in [1.82, 2.24) is 9.47 Å². The Kier molecular flexibility index (Phi) is 5.29. The number of hydrogen-bond donors (Lipinski definition) is 1. The van der Waals surface area contributed by atoms with Crippen molar-refractivity contribution in [1.29, 1.82) is 0 Å². The predicted molar refractivity (Wildman–Crippen MR) is 87.2 cm³/mol. The average Bonchev–Trinajstić information content (AvgIpc) is 2.38. The summed E-state index contributed by atoms with van der Waals surface area (Å²) in [6.07, 6.45) is 0.335. The molecule has 0 amide bonds. The first kappa shape index (κ1) is 17.0. The van der Waals surface area contributed by atoms with Gasteiger partial charge in [-0.1, -0.05) is 13.8 Å². The van der Waals surface area contributed by atoms with Crippen LogP contribution < -0.4 is 5.43 Å². The lowest BCUT2D eigenvalue weighted by molar-refractivity contribution is -0.0712. The fourth-order valence-corrected chi connectivity index (χ4v) is 3.22. The molecule has 0 spiro atoms. The van der Waals surface area contributed by atoms with Gasteiger partial charge in [0.05, 0.1) is 17.9 Å². The summed E-state index contributed by atoms with van der Waals surface area (Å²) >= 11 is 0. The maximum absolute atomic E-state index is 12.0. The Balaban J connectivity index is 2.34. The third-order valence-electron chi connectivity index (χ3n) is 4.01. The number of rotatable bonds is 4. The summed E-state index contributed by atoms with van der Waals surface area (Å²) in [7, 11) is 0. The molecular formula is C17H28N2O3. The zero-order chi connectivity index (χ0) is 16.4. The van der Waals surface area contributed by atoms with Gasteiger partial charge < -0.3 is 14.4 Å². The Morgan fingerprint density at radius 1 is 1.32 bits per heavy atom. The maximum atomic E-state index is 12.0. The van der Waals surface area contributed by atoms with E-state index in [0.29, 0.717) is 12.5 Å². The summed E-state index contributed by atoms with van der Waals surface area (Å²) in [4.78, 5) is 14.2. The van der Waals surface area contributed by atoms with Gasteiger partial charge in [-0.15, -0.1) is 0 Å². The lowest BCUT2D eigenvalue weighted by Gasteiger charge is -2.36. The van der Waals surface area contributed by atoms with Gasteiger partial charge in [0.15, 0.2) is 5.75 Å². The fourth-order valence-electron chi connectivity index (χ4n) is 3.22. The molecule has 5 heteroatoms. The lowest BCUT2D eigenvalue weighted by atomic mass is 10.1. The second-order valence-electron chi connectivity index (χ2n) is 6.90. The molecule has 1 N–H and O–H groups in total. The summed E-state index contributed by atoms with van der Waals surface area (Å²) in [5.41, 5.74) is 1.34. The monoisotopic (exact) mass is 308 g/mol. The minimum absolute atomic E-state index is 0.113. The van der Waals surface area contributed by atoms with Gasteiger partial charge in [-0.2, -0.15) is 0 Å². The standard InChI is InChI=1S/C17H28N2O3/c1-11(2)7-19-12(3)6-16(20)17(21)15(19)10-18-8-13(4)22-14(5)9-18/h6,11,13-14,21H,7-10H2,1-5H3. The number of pyridine rings is 1. The van der Waals surface area contributed by atoms with E-state index >= 15 is 0 Å². The highest BCUT2D eigenvalue weighted by Crippen LogP contribution is 2.21. The van der Waals surface area contributed by atoms with Crippen molar-refractivity contribution in [2.75, 3.05) is 13.1 Å². The largest absolute Gasteiger partial charge is 0.503 e. The number of morpholine rings is 1. The molecule has 1 saturated heterocycles. The van der Waals surface area contributed by atoms with Gasteiger partial charge in [-0.05, 0) is 26.7 Å². The molecule has 0 saturated carbocycles. The first-order valence-electron chi connectivity index (χ1n) is 8.08. The topological polar surface area (TPSA) is 54.7 Å². The highest BCUT2D eigenvalue weighted by molar-refractivity contribution is 5.30. The van der Waals surface area contributed by atoms with Crippen LogP contribution in [0.15, 0.2) is 10.9 Å². The third-order valence-corrected chi connectivity index (χ3v) is 4.01. The van der Waals surface area contributed by atoms with Crippen LogP contribution in [0.4, 0.5) is 0 Å². The third kappa shape index (κ3) is 3.90. The van der Waals surface area contributed by atoms with Gasteiger partial charge >= 0.3 is 0 Å². The number of nitrogens with zero attached hydrogens (tertiary/aromatic N) is 2. The van der Waals surface area contributed by atoms with Crippen LogP contribution in [-0.4, -0.2) is 39.9 Å². The zero-order valence-electron chi connectivity index (χ0n) is 14.3. The first-order chi connectivity index (χ1) is 10.3. The second kappa shape index (κ2) is 6.84. The number of aromatic hydroxyl groups is 1. The van der Waals surface area contributed by atoms with Crippen LogP contribution in [0.25, 0.3) is 0 Å². The molecule has 0 aliphatic carbocycles. The molecule has 22 heavy (non-hydrogen) atoms. The molecule has 1 aromatic heterocycles. The predicted octanol–water partition coefficient (Wildman–Crippen LogP) is 2.13. The quantitative estimate of drug-likeness (QED) is 0.926. The van der Waals surface area contributed by atoms with Crippen molar-refractivity contribution in [2.45, 2.75) is 59.9 Å². The van der Waals surface area contributed by atoms with Gasteiger partial charge in [-0.3, -0.25) is 9.69 Å². The van der Waals surface area contributed by atoms with E-state index in [0.717, 1.165) is 31.0 Å². The van der Waals surface area contributed by atoms with Crippen LogP contribution in [0.1, 0.15) is 39.1 Å². The molecule has 2 unspecified atom stereocenters. The Labute approximate surface area is 132 Å². The highest BCUT2D eigenvalue weighted by Gasteiger charge is 2.24. The van der Waals surface area contributed by atoms with E-state index < -0.39 is 0 Å². The van der Waals surface area contributed by atoms with Crippen LogP contribution >= 0.6 is 0 Å². The van der Waals surface area contributed by atoms with Crippen LogP contribution in [0.5, 0.6) is 5.75 Å². The van der Waals surface area contributed by atoms with Crippen molar-refractivity contribution < 1.29 is 9.84 Å². The Bertz CT molecular complexity index is 570. The van der Waals surface area contributed by atoms with E-state index in [1.807, 2.05) is 6.92 Å². The molecule has 1 fully saturated rings. The lowest BCUT2D eigenvalue weighted by Crippen LogP contribution is -2.45. The number of aryl methyl sites for hydroxylation is 1. The van der Waals surface area contributed by atoms with E-state index in [4.69, 9.17) is 4.74 Å². The van der Waals surface area contributed by atoms with Crippen LogP contribution in [0, 0.1) is 12.8 Å². The normalized spacial score (nSPS) is 23.2. The summed E-state index contributed by atoms with van der Waals surface area (Å²) < 4.78 is 7.83. The molecule has 2 atom stereocenters. The van der Waals surface area contributed by atoms with Gasteiger partial charge in [0, 0.05) is 37.9 Å². The average molecular weight is 308 g/mol. The van der Waals surface area contributed by atoms with Gasteiger partial charge in [0.1, 0.15) is 0 Å². The Morgan fingerprint density at radius 2 is 1.91 bits per heavy atom. The smallest absolute Gasteiger partial charge is 0.223 e. The molecule has 124 valence electrons. The maximum Gasteiger partial charge on any atom is 0.223 e. The van der Waals surface area contributed by atoms with Crippen LogP contribution in [0.2, 0.25) is 0 Å². The minimum Gasteiger partial charge on any atom is -0.503 e. The van der Waals surface area contributed by atoms with E-state index in [-0.39, 0.29) is 23.4 Å². The van der Waals surface area contributed by atoms with Crippen molar-refractivity contribution in [3.63, 3.8) is 0 Å². The van der Waals surface area contributed by atoms with Crippen molar-refractivity contribution in [3.8, 4) is 5.75 Å². The van der Waals surface area contributed by atoms with E-state index in [9.17, 15) is 9.90 Å². The summed E-state index contributed by atoms with van der Waals surface area (Å²) in [5.74, 6) is 0.333. The molecule has 2 heterocycles. The first-order valence-corrected chi connectivity index (χ1v) is 8.08. The van der Waals surface area contributed by atoms with Crippen molar-refractivity contribution >= 4 is 0 Å². The molecule has 2 rings (SSSR count). The molecular weight excluding hydrogens is 280 g/mol. The molecule has 1 aliphatic heterocycles. The summed E-state index contributed by atoms with van der Waals surface area (Å²) in [6.45, 7) is 13.3. The van der Waals surface area contributed by atoms with E-state index in [1.165, 1.54) is 6.07 Å². The second-order valence-corrected chi connectivity index (χ2v) is 6.90. The van der Waals surface area contributed by atoms with Gasteiger partial charge in [0.2, 0.25) is 5.43 Å². The zero-order valence-corrected chi connectivity index (χ0v) is 14.3. The number of hydrogen-bond acceptors (Lipinski definition) is 4. The fraction of sp³-hybridized carbons (Fsp3) is 0.706.